The Hall–Kier alpha value is -5.19. The molecule has 3 N–H and O–H groups in total. The molecule has 0 unspecified atom stereocenters. The molecule has 3 aromatic rings. The number of amidine groups is 1. The molecule has 0 radical (unpaired) electrons. The lowest BCUT2D eigenvalue weighted by atomic mass is 10.1. The Labute approximate surface area is 225 Å². The van der Waals surface area contributed by atoms with E-state index in [-0.39, 0.29) is 11.8 Å². The molecule has 1 aromatic heterocycles. The van der Waals surface area contributed by atoms with Crippen LogP contribution in [0.4, 0.5) is 17.1 Å². The highest BCUT2D eigenvalue weighted by atomic mass is 16.5. The first-order valence-corrected chi connectivity index (χ1v) is 12.3. The number of rotatable bonds is 9. The molecule has 0 bridgehead atoms. The van der Waals surface area contributed by atoms with Gasteiger partial charge >= 0.3 is 0 Å². The maximum absolute atomic E-state index is 12.8. The van der Waals surface area contributed by atoms with Crippen molar-refractivity contribution in [1.29, 1.82) is 0 Å². The summed E-state index contributed by atoms with van der Waals surface area (Å²) in [5.74, 6) is 1.50. The molecule has 2 aromatic carbocycles. The number of carbonyl (C=O) groups excluding carboxylic acids is 2. The van der Waals surface area contributed by atoms with Gasteiger partial charge in [-0.2, -0.15) is 0 Å². The summed E-state index contributed by atoms with van der Waals surface area (Å²) >= 11 is 0. The van der Waals surface area contributed by atoms with Crippen LogP contribution in [0.15, 0.2) is 83.6 Å². The molecule has 11 nitrogen and oxygen atoms in total. The van der Waals surface area contributed by atoms with Gasteiger partial charge in [-0.1, -0.05) is 6.58 Å². The topological polar surface area (TPSA) is 130 Å². The number of carbonyl (C=O) groups is 2. The number of hydrogen-bond donors (Lipinski definition) is 3. The summed E-state index contributed by atoms with van der Waals surface area (Å²) in [6.07, 6.45) is 4.34. The molecule has 0 aliphatic carbocycles. The van der Waals surface area contributed by atoms with Gasteiger partial charge in [-0.3, -0.25) is 29.8 Å². The Morgan fingerprint density at radius 2 is 1.92 bits per heavy atom. The zero-order valence-electron chi connectivity index (χ0n) is 21.3. The molecule has 2 aliphatic rings. The van der Waals surface area contributed by atoms with Crippen LogP contribution < -0.4 is 25.4 Å². The first kappa shape index (κ1) is 25.5. The second-order valence-corrected chi connectivity index (χ2v) is 8.53. The third-order valence-electron chi connectivity index (χ3n) is 6.03. The minimum atomic E-state index is -0.315. The van der Waals surface area contributed by atoms with E-state index in [0.29, 0.717) is 60.6 Å². The Kier molecular flexibility index (Phi) is 7.48. The van der Waals surface area contributed by atoms with Crippen molar-refractivity contribution in [3.63, 3.8) is 0 Å². The molecular formula is C28H27N7O4. The molecule has 11 heteroatoms. The van der Waals surface area contributed by atoms with Crippen LogP contribution in [0.3, 0.4) is 0 Å². The highest BCUT2D eigenvalue weighted by Gasteiger charge is 2.33. The lowest BCUT2D eigenvalue weighted by Crippen LogP contribution is -2.47. The summed E-state index contributed by atoms with van der Waals surface area (Å²) in [6, 6.07) is 14.5. The Bertz CT molecular complexity index is 1450. The molecule has 39 heavy (non-hydrogen) atoms. The van der Waals surface area contributed by atoms with E-state index in [9.17, 15) is 9.59 Å². The monoisotopic (exact) mass is 525 g/mol. The van der Waals surface area contributed by atoms with E-state index in [1.54, 1.807) is 37.6 Å². The van der Waals surface area contributed by atoms with Crippen LogP contribution >= 0.6 is 0 Å². The predicted molar refractivity (Wildman–Crippen MR) is 149 cm³/mol. The molecule has 2 amide bonds. The van der Waals surface area contributed by atoms with E-state index in [1.807, 2.05) is 29.2 Å². The average Bonchev–Trinajstić information content (AvgIpc) is 3.47. The van der Waals surface area contributed by atoms with Crippen LogP contribution in [0.2, 0.25) is 0 Å². The zero-order chi connectivity index (χ0) is 27.2. The lowest BCUT2D eigenvalue weighted by Gasteiger charge is -2.28. The van der Waals surface area contributed by atoms with Crippen molar-refractivity contribution in [2.45, 2.75) is 0 Å². The largest absolute Gasteiger partial charge is 0.491 e. The highest BCUT2D eigenvalue weighted by Crippen LogP contribution is 2.43. The van der Waals surface area contributed by atoms with Crippen molar-refractivity contribution in [3.05, 3.63) is 84.7 Å². The zero-order valence-corrected chi connectivity index (χ0v) is 21.3. The van der Waals surface area contributed by atoms with Crippen molar-refractivity contribution in [3.8, 4) is 11.5 Å². The third kappa shape index (κ3) is 5.57. The average molecular weight is 526 g/mol. The van der Waals surface area contributed by atoms with E-state index in [1.165, 1.54) is 12.3 Å². The molecule has 3 heterocycles. The van der Waals surface area contributed by atoms with Gasteiger partial charge in [0.15, 0.2) is 11.5 Å². The molecule has 0 saturated heterocycles. The number of methoxy groups -OCH3 is 1. The Morgan fingerprint density at radius 3 is 2.67 bits per heavy atom. The minimum Gasteiger partial charge on any atom is -0.491 e. The number of anilines is 2. The maximum atomic E-state index is 12.8. The SMILES string of the molecule is C=CC(=O)Nc1ccc(NCCOc2ccc3c(c2OC)N=C(NC(=O)c2cccnc2)N2CCN=C32)cc1. The number of pyridine rings is 1. The summed E-state index contributed by atoms with van der Waals surface area (Å²) in [6.45, 7) is 5.51. The standard InChI is InChI=1S/C28H27N7O4/c1-3-23(36)32-20-8-6-19(7-9-20)30-14-16-39-22-11-10-21-24(25(22)38-2)33-28(35-15-13-31-26(21)35)34-27(37)18-5-4-12-29-17-18/h3-12,17,30H,1,13-16H2,2H3,(H,32,36)(H,33,34,37). The Balaban J connectivity index is 1.28. The van der Waals surface area contributed by atoms with Crippen molar-refractivity contribution >= 4 is 40.7 Å². The van der Waals surface area contributed by atoms with Crippen molar-refractivity contribution in [2.75, 3.05) is 44.0 Å². The number of aromatic nitrogens is 1. The van der Waals surface area contributed by atoms with Gasteiger partial charge in [0, 0.05) is 42.4 Å². The van der Waals surface area contributed by atoms with Gasteiger partial charge in [0.05, 0.1) is 19.2 Å². The fraction of sp³-hybridized carbons (Fsp3) is 0.179. The van der Waals surface area contributed by atoms with Crippen molar-refractivity contribution in [1.82, 2.24) is 15.2 Å². The van der Waals surface area contributed by atoms with Crippen LogP contribution in [0.1, 0.15) is 15.9 Å². The predicted octanol–water partition coefficient (Wildman–Crippen LogP) is 3.20. The normalized spacial score (nSPS) is 13.3. The number of nitrogens with zero attached hydrogens (tertiary/aromatic N) is 4. The summed E-state index contributed by atoms with van der Waals surface area (Å²) in [5.41, 5.74) is 3.33. The van der Waals surface area contributed by atoms with Crippen molar-refractivity contribution < 1.29 is 19.1 Å². The number of ether oxygens (including phenoxy) is 2. The minimum absolute atomic E-state index is 0.261. The van der Waals surface area contributed by atoms with E-state index >= 15 is 0 Å². The highest BCUT2D eigenvalue weighted by molar-refractivity contribution is 6.20. The lowest BCUT2D eigenvalue weighted by molar-refractivity contribution is -0.111. The molecule has 0 saturated carbocycles. The smallest absolute Gasteiger partial charge is 0.259 e. The van der Waals surface area contributed by atoms with Crippen molar-refractivity contribution in [2.24, 2.45) is 9.98 Å². The van der Waals surface area contributed by atoms with Crippen LogP contribution in [-0.4, -0.2) is 66.8 Å². The summed E-state index contributed by atoms with van der Waals surface area (Å²) in [5, 5.41) is 8.88. The summed E-state index contributed by atoms with van der Waals surface area (Å²) < 4.78 is 11.7. The first-order chi connectivity index (χ1) is 19.1. The van der Waals surface area contributed by atoms with E-state index < -0.39 is 0 Å². The van der Waals surface area contributed by atoms with E-state index in [4.69, 9.17) is 14.5 Å². The molecule has 0 fully saturated rings. The number of fused-ring (bicyclic) bond motifs is 3. The van der Waals surface area contributed by atoms with E-state index in [2.05, 4.69) is 32.5 Å². The molecule has 0 atom stereocenters. The number of aliphatic imine (C=N–C) groups is 2. The van der Waals surface area contributed by atoms with Crippen LogP contribution in [0.5, 0.6) is 11.5 Å². The number of hydrogen-bond acceptors (Lipinski definition) is 9. The number of nitrogens with one attached hydrogen (secondary N) is 3. The maximum Gasteiger partial charge on any atom is 0.259 e. The number of amides is 2. The van der Waals surface area contributed by atoms with Crippen LogP contribution in [0, 0.1) is 0 Å². The van der Waals surface area contributed by atoms with Gasteiger partial charge in [0.25, 0.3) is 5.91 Å². The van der Waals surface area contributed by atoms with Crippen LogP contribution in [0.25, 0.3) is 0 Å². The Morgan fingerprint density at radius 1 is 1.10 bits per heavy atom. The van der Waals surface area contributed by atoms with Gasteiger partial charge in [-0.05, 0) is 54.6 Å². The second kappa shape index (κ2) is 11.5. The fourth-order valence-electron chi connectivity index (χ4n) is 4.19. The molecular weight excluding hydrogens is 498 g/mol. The molecule has 0 spiro atoms. The second-order valence-electron chi connectivity index (χ2n) is 8.53. The molecule has 5 rings (SSSR count). The van der Waals surface area contributed by atoms with Gasteiger partial charge in [-0.25, -0.2) is 4.99 Å². The van der Waals surface area contributed by atoms with Gasteiger partial charge in [0.2, 0.25) is 11.9 Å². The van der Waals surface area contributed by atoms with Crippen LogP contribution in [-0.2, 0) is 4.79 Å². The summed E-state index contributed by atoms with van der Waals surface area (Å²) in [4.78, 5) is 39.5. The third-order valence-corrected chi connectivity index (χ3v) is 6.03. The molecule has 2 aliphatic heterocycles. The van der Waals surface area contributed by atoms with Gasteiger partial charge in [0.1, 0.15) is 18.1 Å². The summed E-state index contributed by atoms with van der Waals surface area (Å²) in [7, 11) is 1.56. The molecule has 198 valence electrons. The van der Waals surface area contributed by atoms with Gasteiger partial charge < -0.3 is 20.1 Å². The van der Waals surface area contributed by atoms with Gasteiger partial charge in [-0.15, -0.1) is 0 Å². The number of guanidine groups is 1. The fourth-order valence-corrected chi connectivity index (χ4v) is 4.19. The first-order valence-electron chi connectivity index (χ1n) is 12.3. The number of benzene rings is 2. The van der Waals surface area contributed by atoms with E-state index in [0.717, 1.165) is 17.1 Å². The quantitative estimate of drug-likeness (QED) is 0.289.